The van der Waals surface area contributed by atoms with Gasteiger partial charge in [-0.1, -0.05) is 6.07 Å². The lowest BCUT2D eigenvalue weighted by Gasteiger charge is -2.02. The van der Waals surface area contributed by atoms with Gasteiger partial charge < -0.3 is 10.2 Å². The number of nitrogens with zero attached hydrogens (tertiary/aromatic N) is 1. The number of nitrogen functional groups attached to an aromatic ring is 1. The lowest BCUT2D eigenvalue weighted by Crippen LogP contribution is -2.08. The molecule has 0 bridgehead atoms. The van der Waals surface area contributed by atoms with Gasteiger partial charge in [0.25, 0.3) is 0 Å². The zero-order valence-corrected chi connectivity index (χ0v) is 9.01. The zero-order chi connectivity index (χ0) is 10.2. The molecular weight excluding hydrogens is 198 g/mol. The number of thioether (sulfide) groups is 1. The molecule has 0 saturated heterocycles. The minimum absolute atomic E-state index is 0.696. The Morgan fingerprint density at radius 2 is 2.43 bits per heavy atom. The second kappa shape index (κ2) is 6.64. The number of nitrogens with two attached hydrogens (primary N) is 1. The van der Waals surface area contributed by atoms with Crippen LogP contribution in [0.5, 0.6) is 0 Å². The lowest BCUT2D eigenvalue weighted by molar-refractivity contribution is 0.200. The monoisotopic (exact) mass is 213 g/mol. The highest BCUT2D eigenvalue weighted by molar-refractivity contribution is 7.99. The van der Waals surface area contributed by atoms with Crippen molar-refractivity contribution in [2.24, 2.45) is 5.84 Å². The summed E-state index contributed by atoms with van der Waals surface area (Å²) in [5, 5.41) is 0.983. The van der Waals surface area contributed by atoms with Crippen LogP contribution in [0.25, 0.3) is 0 Å². The molecule has 5 heteroatoms. The molecule has 1 aromatic heterocycles. The van der Waals surface area contributed by atoms with Gasteiger partial charge in [-0.25, -0.2) is 10.8 Å². The number of ether oxygens (including phenoxy) is 1. The molecule has 0 aliphatic carbocycles. The minimum atomic E-state index is 0.696. The van der Waals surface area contributed by atoms with Gasteiger partial charge in [0.05, 0.1) is 5.03 Å². The van der Waals surface area contributed by atoms with Crippen molar-refractivity contribution < 1.29 is 4.74 Å². The van der Waals surface area contributed by atoms with E-state index < -0.39 is 0 Å². The second-order valence-electron chi connectivity index (χ2n) is 2.70. The van der Waals surface area contributed by atoms with Gasteiger partial charge in [0.1, 0.15) is 5.82 Å². The summed E-state index contributed by atoms with van der Waals surface area (Å²) in [6.07, 6.45) is 1.03. The summed E-state index contributed by atoms with van der Waals surface area (Å²) >= 11 is 1.70. The number of hydrogen-bond donors (Lipinski definition) is 2. The fourth-order valence-corrected chi connectivity index (χ4v) is 1.76. The molecule has 0 atom stereocenters. The van der Waals surface area contributed by atoms with Crippen LogP contribution in [0.4, 0.5) is 5.82 Å². The van der Waals surface area contributed by atoms with Crippen LogP contribution < -0.4 is 11.3 Å². The molecule has 0 radical (unpaired) electrons. The number of rotatable bonds is 6. The third kappa shape index (κ3) is 3.95. The molecule has 4 nitrogen and oxygen atoms in total. The molecule has 0 aliphatic rings. The van der Waals surface area contributed by atoms with Crippen LogP contribution in [0.1, 0.15) is 6.42 Å². The maximum Gasteiger partial charge on any atom is 0.141 e. The van der Waals surface area contributed by atoms with Crippen LogP contribution in [0.3, 0.4) is 0 Å². The second-order valence-corrected chi connectivity index (χ2v) is 3.82. The van der Waals surface area contributed by atoms with Crippen LogP contribution in [-0.4, -0.2) is 24.5 Å². The van der Waals surface area contributed by atoms with Crippen molar-refractivity contribution in [3.8, 4) is 0 Å². The lowest BCUT2D eigenvalue weighted by atomic mass is 10.5. The van der Waals surface area contributed by atoms with Gasteiger partial charge in [0.15, 0.2) is 0 Å². The summed E-state index contributed by atoms with van der Waals surface area (Å²) in [4.78, 5) is 4.27. The van der Waals surface area contributed by atoms with Crippen LogP contribution in [0.15, 0.2) is 23.2 Å². The van der Waals surface area contributed by atoms with Crippen molar-refractivity contribution >= 4 is 17.6 Å². The van der Waals surface area contributed by atoms with E-state index in [-0.39, 0.29) is 0 Å². The van der Waals surface area contributed by atoms with E-state index in [1.807, 2.05) is 18.2 Å². The first-order valence-corrected chi connectivity index (χ1v) is 5.41. The maximum atomic E-state index is 5.25. The van der Waals surface area contributed by atoms with Crippen LogP contribution in [0.2, 0.25) is 0 Å². The standard InChI is InChI=1S/C9H15N3OS/c1-13-6-3-7-14-9-5-2-4-8(11-9)12-10/h2,4-5H,3,6-7,10H2,1H3,(H,11,12). The Labute approximate surface area is 88.2 Å². The van der Waals surface area contributed by atoms with E-state index in [9.17, 15) is 0 Å². The van der Waals surface area contributed by atoms with Gasteiger partial charge >= 0.3 is 0 Å². The first-order chi connectivity index (χ1) is 6.86. The van der Waals surface area contributed by atoms with Crippen molar-refractivity contribution in [2.45, 2.75) is 11.4 Å². The molecule has 0 aromatic carbocycles. The minimum Gasteiger partial charge on any atom is -0.385 e. The highest BCUT2D eigenvalue weighted by Gasteiger charge is 1.96. The predicted molar refractivity (Wildman–Crippen MR) is 59.3 cm³/mol. The molecule has 0 unspecified atom stereocenters. The average Bonchev–Trinajstić information content (AvgIpc) is 2.25. The van der Waals surface area contributed by atoms with Crippen molar-refractivity contribution in [2.75, 3.05) is 24.9 Å². The number of anilines is 1. The topological polar surface area (TPSA) is 60.2 Å². The van der Waals surface area contributed by atoms with Crippen LogP contribution >= 0.6 is 11.8 Å². The van der Waals surface area contributed by atoms with E-state index in [1.54, 1.807) is 18.9 Å². The fourth-order valence-electron chi connectivity index (χ4n) is 0.956. The van der Waals surface area contributed by atoms with Gasteiger partial charge in [0.2, 0.25) is 0 Å². The fraction of sp³-hybridized carbons (Fsp3) is 0.444. The Balaban J connectivity index is 2.34. The highest BCUT2D eigenvalue weighted by atomic mass is 32.2. The zero-order valence-electron chi connectivity index (χ0n) is 8.19. The average molecular weight is 213 g/mol. The Bertz CT molecular complexity index is 270. The molecule has 3 N–H and O–H groups in total. The molecule has 0 spiro atoms. The maximum absolute atomic E-state index is 5.25. The van der Waals surface area contributed by atoms with E-state index in [1.165, 1.54) is 0 Å². The van der Waals surface area contributed by atoms with Gasteiger partial charge in [0, 0.05) is 19.5 Å². The summed E-state index contributed by atoms with van der Waals surface area (Å²) < 4.78 is 4.96. The van der Waals surface area contributed by atoms with Gasteiger partial charge in [-0.2, -0.15) is 0 Å². The van der Waals surface area contributed by atoms with E-state index in [0.717, 1.165) is 23.8 Å². The van der Waals surface area contributed by atoms with Crippen LogP contribution in [-0.2, 0) is 4.74 Å². The summed E-state index contributed by atoms with van der Waals surface area (Å²) in [5.41, 5.74) is 2.52. The molecule has 0 aliphatic heterocycles. The molecule has 0 fully saturated rings. The smallest absolute Gasteiger partial charge is 0.141 e. The van der Waals surface area contributed by atoms with Crippen molar-refractivity contribution in [1.29, 1.82) is 0 Å². The third-order valence-corrected chi connectivity index (χ3v) is 2.63. The first-order valence-electron chi connectivity index (χ1n) is 4.42. The number of aromatic nitrogens is 1. The highest BCUT2D eigenvalue weighted by Crippen LogP contribution is 2.17. The molecular formula is C9H15N3OS. The van der Waals surface area contributed by atoms with E-state index in [2.05, 4.69) is 10.4 Å². The van der Waals surface area contributed by atoms with E-state index in [4.69, 9.17) is 10.6 Å². The Morgan fingerprint density at radius 3 is 3.14 bits per heavy atom. The number of nitrogens with one attached hydrogen (secondary N) is 1. The van der Waals surface area contributed by atoms with E-state index >= 15 is 0 Å². The first kappa shape index (κ1) is 11.3. The normalized spacial score (nSPS) is 10.1. The summed E-state index contributed by atoms with van der Waals surface area (Å²) in [7, 11) is 1.71. The summed E-state index contributed by atoms with van der Waals surface area (Å²) in [6, 6.07) is 5.73. The number of methoxy groups -OCH3 is 1. The molecule has 1 aromatic rings. The number of pyridine rings is 1. The van der Waals surface area contributed by atoms with Crippen molar-refractivity contribution in [3.63, 3.8) is 0 Å². The molecule has 1 heterocycles. The Kier molecular flexibility index (Phi) is 5.36. The third-order valence-electron chi connectivity index (χ3n) is 1.61. The molecule has 1 rings (SSSR count). The Hall–Kier alpha value is -0.780. The quantitative estimate of drug-likeness (QED) is 0.324. The van der Waals surface area contributed by atoms with Crippen molar-refractivity contribution in [3.05, 3.63) is 18.2 Å². The van der Waals surface area contributed by atoms with Gasteiger partial charge in [-0.05, 0) is 18.6 Å². The largest absolute Gasteiger partial charge is 0.385 e. The van der Waals surface area contributed by atoms with E-state index in [0.29, 0.717) is 5.82 Å². The SMILES string of the molecule is COCCCSc1cccc(NN)n1. The summed E-state index contributed by atoms with van der Waals surface area (Å²) in [5.74, 6) is 6.96. The predicted octanol–water partition coefficient (Wildman–Crippen LogP) is 1.50. The van der Waals surface area contributed by atoms with Crippen molar-refractivity contribution in [1.82, 2.24) is 4.98 Å². The van der Waals surface area contributed by atoms with Gasteiger partial charge in [-0.15, -0.1) is 11.8 Å². The molecule has 0 amide bonds. The van der Waals surface area contributed by atoms with Crippen LogP contribution in [0, 0.1) is 0 Å². The number of hydrogen-bond acceptors (Lipinski definition) is 5. The Morgan fingerprint density at radius 1 is 1.57 bits per heavy atom. The molecule has 78 valence electrons. The number of hydrazine groups is 1. The molecule has 14 heavy (non-hydrogen) atoms. The van der Waals surface area contributed by atoms with Gasteiger partial charge in [-0.3, -0.25) is 0 Å². The summed E-state index contributed by atoms with van der Waals surface area (Å²) in [6.45, 7) is 0.793. The molecule has 0 saturated carbocycles.